The Morgan fingerprint density at radius 1 is 1.30 bits per heavy atom. The summed E-state index contributed by atoms with van der Waals surface area (Å²) in [5, 5.41) is 12.5. The van der Waals surface area contributed by atoms with Crippen LogP contribution < -0.4 is 10.1 Å². The first-order valence-electron chi connectivity index (χ1n) is 8.43. The van der Waals surface area contributed by atoms with Crippen molar-refractivity contribution in [3.8, 4) is 5.75 Å². The van der Waals surface area contributed by atoms with Crippen LogP contribution >= 0.6 is 0 Å². The lowest BCUT2D eigenvalue weighted by atomic mass is 9.92. The standard InChI is InChI=1S/C19H19F3N2O3/c1-27-16-11-23-15(12-7-8-12)9-13(16)10-24-17(25)18(26,19(20,21)22)14-5-3-2-4-6-14/h2-6,9,11-12,26H,7-8,10H2,1H3,(H,24,25)/t18-/m1/s1. The Bertz CT molecular complexity index is 823. The van der Waals surface area contributed by atoms with Crippen LogP contribution in [0.25, 0.3) is 0 Å². The number of carbonyl (C=O) groups excluding carboxylic acids is 1. The number of carbonyl (C=O) groups is 1. The van der Waals surface area contributed by atoms with Gasteiger partial charge in [0.05, 0.1) is 13.3 Å². The third-order valence-corrected chi connectivity index (χ3v) is 4.55. The predicted octanol–water partition coefficient (Wildman–Crippen LogP) is 3.03. The average molecular weight is 380 g/mol. The van der Waals surface area contributed by atoms with Crippen LogP contribution in [0.1, 0.15) is 35.6 Å². The SMILES string of the molecule is COc1cnc(C2CC2)cc1CNC(=O)[C@](O)(c1ccccc1)C(F)(F)F. The second kappa shape index (κ2) is 7.19. The first-order valence-corrected chi connectivity index (χ1v) is 8.43. The van der Waals surface area contributed by atoms with Crippen LogP contribution in [-0.4, -0.2) is 29.3 Å². The van der Waals surface area contributed by atoms with E-state index in [1.807, 2.05) is 0 Å². The lowest BCUT2D eigenvalue weighted by Gasteiger charge is -2.29. The van der Waals surface area contributed by atoms with Crippen molar-refractivity contribution in [2.45, 2.75) is 37.1 Å². The molecule has 144 valence electrons. The molecule has 0 bridgehead atoms. The summed E-state index contributed by atoms with van der Waals surface area (Å²) in [5.41, 5.74) is -2.88. The summed E-state index contributed by atoms with van der Waals surface area (Å²) in [5.74, 6) is -0.857. The molecule has 0 unspecified atom stereocenters. The Balaban J connectivity index is 1.84. The number of ether oxygens (including phenoxy) is 1. The highest BCUT2D eigenvalue weighted by molar-refractivity contribution is 5.87. The number of hydrogen-bond donors (Lipinski definition) is 2. The third-order valence-electron chi connectivity index (χ3n) is 4.55. The van der Waals surface area contributed by atoms with Crippen LogP contribution in [0.3, 0.4) is 0 Å². The number of halogens is 3. The maximum atomic E-state index is 13.5. The van der Waals surface area contributed by atoms with E-state index in [4.69, 9.17) is 4.74 Å². The number of rotatable bonds is 6. The zero-order chi connectivity index (χ0) is 19.7. The molecule has 1 atom stereocenters. The molecule has 27 heavy (non-hydrogen) atoms. The van der Waals surface area contributed by atoms with Crippen LogP contribution in [0.2, 0.25) is 0 Å². The molecule has 0 saturated heterocycles. The Kier molecular flexibility index (Phi) is 5.10. The highest BCUT2D eigenvalue weighted by Gasteiger charge is 2.60. The number of methoxy groups -OCH3 is 1. The van der Waals surface area contributed by atoms with E-state index >= 15 is 0 Å². The Hall–Kier alpha value is -2.61. The molecule has 1 saturated carbocycles. The zero-order valence-corrected chi connectivity index (χ0v) is 14.6. The van der Waals surface area contributed by atoms with Gasteiger partial charge in [-0.2, -0.15) is 13.2 Å². The van der Waals surface area contributed by atoms with Gasteiger partial charge in [-0.15, -0.1) is 0 Å². The van der Waals surface area contributed by atoms with Crippen molar-refractivity contribution in [2.75, 3.05) is 7.11 Å². The zero-order valence-electron chi connectivity index (χ0n) is 14.6. The van der Waals surface area contributed by atoms with Gasteiger partial charge in [0.1, 0.15) is 5.75 Å². The fourth-order valence-corrected chi connectivity index (χ4v) is 2.83. The highest BCUT2D eigenvalue weighted by Crippen LogP contribution is 2.41. The van der Waals surface area contributed by atoms with Gasteiger partial charge in [-0.1, -0.05) is 30.3 Å². The van der Waals surface area contributed by atoms with Crippen molar-refractivity contribution >= 4 is 5.91 Å². The number of nitrogens with zero attached hydrogens (tertiary/aromatic N) is 1. The number of benzene rings is 1. The van der Waals surface area contributed by atoms with Crippen LogP contribution in [0.5, 0.6) is 5.75 Å². The minimum absolute atomic E-state index is 0.227. The van der Waals surface area contributed by atoms with Crippen molar-refractivity contribution in [1.29, 1.82) is 0 Å². The van der Waals surface area contributed by atoms with Gasteiger partial charge < -0.3 is 15.2 Å². The lowest BCUT2D eigenvalue weighted by Crippen LogP contribution is -2.54. The molecule has 1 fully saturated rings. The van der Waals surface area contributed by atoms with Crippen molar-refractivity contribution in [2.24, 2.45) is 0 Å². The average Bonchev–Trinajstić information content (AvgIpc) is 3.50. The monoisotopic (exact) mass is 380 g/mol. The van der Waals surface area contributed by atoms with Crippen LogP contribution in [0.4, 0.5) is 13.2 Å². The van der Waals surface area contributed by atoms with Crippen molar-refractivity contribution in [3.05, 3.63) is 59.4 Å². The second-order valence-corrected chi connectivity index (χ2v) is 6.45. The van der Waals surface area contributed by atoms with E-state index in [2.05, 4.69) is 10.3 Å². The third kappa shape index (κ3) is 3.75. The van der Waals surface area contributed by atoms with Gasteiger partial charge in [-0.25, -0.2) is 0 Å². The van der Waals surface area contributed by atoms with E-state index in [9.17, 15) is 23.1 Å². The maximum absolute atomic E-state index is 13.5. The number of alkyl halides is 3. The number of aromatic nitrogens is 1. The lowest BCUT2D eigenvalue weighted by molar-refractivity contribution is -0.257. The molecule has 0 radical (unpaired) electrons. The molecule has 0 spiro atoms. The fourth-order valence-electron chi connectivity index (χ4n) is 2.83. The topological polar surface area (TPSA) is 71.5 Å². The smallest absolute Gasteiger partial charge is 0.430 e. The number of pyridine rings is 1. The molecule has 1 aromatic heterocycles. The Labute approximate surface area is 154 Å². The Morgan fingerprint density at radius 2 is 1.96 bits per heavy atom. The van der Waals surface area contributed by atoms with E-state index in [0.717, 1.165) is 30.7 Å². The first kappa shape index (κ1) is 19.2. The van der Waals surface area contributed by atoms with E-state index in [-0.39, 0.29) is 6.54 Å². The summed E-state index contributed by atoms with van der Waals surface area (Å²) < 4.78 is 45.8. The van der Waals surface area contributed by atoms with E-state index < -0.39 is 23.2 Å². The molecule has 1 heterocycles. The summed E-state index contributed by atoms with van der Waals surface area (Å²) in [4.78, 5) is 16.6. The van der Waals surface area contributed by atoms with Gasteiger partial charge in [-0.3, -0.25) is 9.78 Å². The summed E-state index contributed by atoms with van der Waals surface area (Å²) in [6.45, 7) is -0.227. The second-order valence-electron chi connectivity index (χ2n) is 6.45. The van der Waals surface area contributed by atoms with Crippen molar-refractivity contribution in [3.63, 3.8) is 0 Å². The van der Waals surface area contributed by atoms with Crippen LogP contribution in [0, 0.1) is 0 Å². The minimum atomic E-state index is -5.18. The first-order chi connectivity index (χ1) is 12.8. The molecule has 1 aliphatic rings. The molecule has 1 aliphatic carbocycles. The van der Waals surface area contributed by atoms with Crippen LogP contribution in [-0.2, 0) is 16.9 Å². The molecular formula is C19H19F3N2O3. The van der Waals surface area contributed by atoms with Gasteiger partial charge >= 0.3 is 6.18 Å². The molecule has 3 rings (SSSR count). The van der Waals surface area contributed by atoms with Gasteiger partial charge in [-0.05, 0) is 18.9 Å². The van der Waals surface area contributed by atoms with E-state index in [1.165, 1.54) is 31.5 Å². The van der Waals surface area contributed by atoms with Crippen molar-refractivity contribution in [1.82, 2.24) is 10.3 Å². The largest absolute Gasteiger partial charge is 0.495 e. The van der Waals surface area contributed by atoms with E-state index in [1.54, 1.807) is 6.07 Å². The summed E-state index contributed by atoms with van der Waals surface area (Å²) in [7, 11) is 1.41. The minimum Gasteiger partial charge on any atom is -0.495 e. The van der Waals surface area contributed by atoms with Gasteiger partial charge in [0.15, 0.2) is 0 Å². The number of amides is 1. The number of nitrogens with one attached hydrogen (secondary N) is 1. The molecule has 8 heteroatoms. The molecule has 0 aliphatic heterocycles. The van der Waals surface area contributed by atoms with Gasteiger partial charge in [0.25, 0.3) is 11.5 Å². The maximum Gasteiger partial charge on any atom is 0.430 e. The highest BCUT2D eigenvalue weighted by atomic mass is 19.4. The molecule has 2 N–H and O–H groups in total. The summed E-state index contributed by atoms with van der Waals surface area (Å²) in [6, 6.07) is 7.99. The normalized spacial score (nSPS) is 16.5. The Morgan fingerprint density at radius 3 is 2.52 bits per heavy atom. The molecule has 1 aromatic carbocycles. The molecular weight excluding hydrogens is 361 g/mol. The van der Waals surface area contributed by atoms with Crippen molar-refractivity contribution < 1.29 is 27.8 Å². The summed E-state index contributed by atoms with van der Waals surface area (Å²) >= 11 is 0. The van der Waals surface area contributed by atoms with Gasteiger partial charge in [0.2, 0.25) is 0 Å². The predicted molar refractivity (Wildman–Crippen MR) is 91.0 cm³/mol. The van der Waals surface area contributed by atoms with E-state index in [0.29, 0.717) is 17.2 Å². The summed E-state index contributed by atoms with van der Waals surface area (Å²) in [6.07, 6.45) is -1.68. The number of hydrogen-bond acceptors (Lipinski definition) is 4. The molecule has 5 nitrogen and oxygen atoms in total. The van der Waals surface area contributed by atoms with Gasteiger partial charge in [0, 0.05) is 29.3 Å². The fraction of sp³-hybridized carbons (Fsp3) is 0.368. The van der Waals surface area contributed by atoms with Crippen LogP contribution in [0.15, 0.2) is 42.6 Å². The quantitative estimate of drug-likeness (QED) is 0.808. The molecule has 2 aromatic rings. The number of aliphatic hydroxyl groups is 1. The molecule has 1 amide bonds.